The van der Waals surface area contributed by atoms with Crippen molar-refractivity contribution in [3.63, 3.8) is 0 Å². The highest BCUT2D eigenvalue weighted by molar-refractivity contribution is 6.20. The number of fused-ring (bicyclic) bond motifs is 1. The summed E-state index contributed by atoms with van der Waals surface area (Å²) in [5, 5.41) is 11.8. The number of Topliss-reactive ketones (excluding diaryl/α,β-unsaturated/α-hetero) is 1. The topological polar surface area (TPSA) is 75.7 Å². The van der Waals surface area contributed by atoms with Crippen LogP contribution in [0.25, 0.3) is 10.9 Å². The number of aliphatic hydroxyl groups is 1. The predicted octanol–water partition coefficient (Wildman–Crippen LogP) is 5.17. The molecule has 6 heteroatoms. The minimum Gasteiger partial charge on any atom is -0.503 e. The maximum absolute atomic E-state index is 13.4. The molecule has 32 heavy (non-hydrogen) atoms. The summed E-state index contributed by atoms with van der Waals surface area (Å²) in [5.74, 6) is -1.60. The lowest BCUT2D eigenvalue weighted by molar-refractivity contribution is -0.117. The number of aliphatic hydroxyl groups excluding tert-OH is 1. The first-order chi connectivity index (χ1) is 15.4. The molecule has 5 rings (SSSR count). The van der Waals surface area contributed by atoms with Gasteiger partial charge in [0.2, 0.25) is 5.78 Å². The van der Waals surface area contributed by atoms with E-state index in [1.54, 1.807) is 6.07 Å². The Morgan fingerprint density at radius 1 is 1.03 bits per heavy atom. The summed E-state index contributed by atoms with van der Waals surface area (Å²) in [4.78, 5) is 28.2. The molecule has 2 aromatic heterocycles. The first-order valence-electron chi connectivity index (χ1n) is 10.3. The number of nitrogens with zero attached hydrogens (tertiary/aromatic N) is 2. The molecule has 0 spiro atoms. The molecule has 1 unspecified atom stereocenters. The van der Waals surface area contributed by atoms with Gasteiger partial charge in [-0.3, -0.25) is 14.5 Å². The van der Waals surface area contributed by atoms with Gasteiger partial charge in [-0.05, 0) is 55.3 Å². The number of hydrogen-bond donors (Lipinski definition) is 1. The van der Waals surface area contributed by atoms with Crippen LogP contribution in [-0.2, 0) is 11.8 Å². The van der Waals surface area contributed by atoms with Crippen molar-refractivity contribution in [2.75, 3.05) is 4.90 Å². The Bertz CT molecular complexity index is 1410. The smallest absolute Gasteiger partial charge is 0.294 e. The Labute approximate surface area is 185 Å². The number of furan rings is 1. The monoisotopic (exact) mass is 426 g/mol. The molecule has 1 aliphatic heterocycles. The first-order valence-corrected chi connectivity index (χ1v) is 10.3. The van der Waals surface area contributed by atoms with Crippen LogP contribution >= 0.6 is 0 Å². The first kappa shape index (κ1) is 19.9. The third-order valence-electron chi connectivity index (χ3n) is 6.19. The summed E-state index contributed by atoms with van der Waals surface area (Å²) in [6.07, 6.45) is 3.31. The Balaban J connectivity index is 1.77. The third kappa shape index (κ3) is 2.87. The van der Waals surface area contributed by atoms with E-state index in [2.05, 4.69) is 0 Å². The zero-order valence-electron chi connectivity index (χ0n) is 18.0. The summed E-state index contributed by atoms with van der Waals surface area (Å²) in [6, 6.07) is 15.8. The fraction of sp³-hybridized carbons (Fsp3) is 0.154. The number of ketones is 1. The van der Waals surface area contributed by atoms with E-state index in [4.69, 9.17) is 4.42 Å². The molecule has 6 nitrogen and oxygen atoms in total. The predicted molar refractivity (Wildman–Crippen MR) is 122 cm³/mol. The quantitative estimate of drug-likeness (QED) is 0.457. The molecular weight excluding hydrogens is 404 g/mol. The molecule has 0 radical (unpaired) electrons. The molecule has 1 N–H and O–H groups in total. The molecule has 4 aromatic rings. The van der Waals surface area contributed by atoms with Crippen LogP contribution in [-0.4, -0.2) is 21.4 Å². The van der Waals surface area contributed by atoms with E-state index in [1.807, 2.05) is 74.1 Å². The molecule has 3 heterocycles. The van der Waals surface area contributed by atoms with Gasteiger partial charge in [-0.25, -0.2) is 0 Å². The number of benzene rings is 2. The molecule has 1 amide bonds. The number of aromatic nitrogens is 1. The Hall–Kier alpha value is -4.06. The fourth-order valence-corrected chi connectivity index (χ4v) is 4.40. The van der Waals surface area contributed by atoms with Gasteiger partial charge in [-0.15, -0.1) is 0 Å². The maximum atomic E-state index is 13.4. The minimum absolute atomic E-state index is 0.0135. The van der Waals surface area contributed by atoms with Crippen molar-refractivity contribution in [3.8, 4) is 0 Å². The summed E-state index contributed by atoms with van der Waals surface area (Å²) in [5.41, 5.74) is 4.45. The average molecular weight is 426 g/mol. The molecule has 160 valence electrons. The highest BCUT2D eigenvalue weighted by atomic mass is 16.3. The molecule has 0 saturated heterocycles. The summed E-state index contributed by atoms with van der Waals surface area (Å²) in [7, 11) is 1.92. The van der Waals surface area contributed by atoms with Gasteiger partial charge in [-0.1, -0.05) is 24.3 Å². The van der Waals surface area contributed by atoms with Gasteiger partial charge in [-0.2, -0.15) is 0 Å². The largest absolute Gasteiger partial charge is 0.503 e. The van der Waals surface area contributed by atoms with Crippen LogP contribution in [0.1, 0.15) is 33.3 Å². The molecule has 0 bridgehead atoms. The number of aryl methyl sites for hydroxylation is 3. The van der Waals surface area contributed by atoms with Crippen LogP contribution in [0.5, 0.6) is 0 Å². The average Bonchev–Trinajstić information content (AvgIpc) is 3.49. The second-order valence-electron chi connectivity index (χ2n) is 8.13. The van der Waals surface area contributed by atoms with Gasteiger partial charge in [0.1, 0.15) is 0 Å². The van der Waals surface area contributed by atoms with Crippen LogP contribution in [0.3, 0.4) is 0 Å². The Kier molecular flexibility index (Phi) is 4.51. The van der Waals surface area contributed by atoms with Crippen LogP contribution < -0.4 is 4.90 Å². The van der Waals surface area contributed by atoms with Crippen LogP contribution in [0, 0.1) is 13.8 Å². The van der Waals surface area contributed by atoms with Crippen molar-refractivity contribution in [1.29, 1.82) is 0 Å². The summed E-state index contributed by atoms with van der Waals surface area (Å²) < 4.78 is 7.27. The molecule has 1 atom stereocenters. The molecule has 0 fully saturated rings. The number of anilines is 1. The van der Waals surface area contributed by atoms with Crippen LogP contribution in [0.15, 0.2) is 82.8 Å². The second kappa shape index (κ2) is 7.27. The van der Waals surface area contributed by atoms with Gasteiger partial charge >= 0.3 is 0 Å². The molecule has 0 saturated carbocycles. The Morgan fingerprint density at radius 2 is 1.81 bits per heavy atom. The summed E-state index contributed by atoms with van der Waals surface area (Å²) in [6.45, 7) is 3.96. The van der Waals surface area contributed by atoms with Gasteiger partial charge in [0.15, 0.2) is 11.5 Å². The van der Waals surface area contributed by atoms with E-state index in [1.165, 1.54) is 17.2 Å². The lowest BCUT2D eigenvalue weighted by atomic mass is 9.94. The second-order valence-corrected chi connectivity index (χ2v) is 8.13. The van der Waals surface area contributed by atoms with Gasteiger partial charge in [0.05, 0.1) is 17.9 Å². The number of hydrogen-bond acceptors (Lipinski definition) is 4. The number of rotatable bonds is 4. The third-order valence-corrected chi connectivity index (χ3v) is 6.19. The lowest BCUT2D eigenvalue weighted by Crippen LogP contribution is -2.31. The van der Waals surface area contributed by atoms with E-state index >= 15 is 0 Å². The van der Waals surface area contributed by atoms with Crippen molar-refractivity contribution in [3.05, 3.63) is 101 Å². The molecule has 2 aromatic carbocycles. The molecular formula is C26H22N2O4. The highest BCUT2D eigenvalue weighted by Crippen LogP contribution is 2.44. The van der Waals surface area contributed by atoms with Gasteiger partial charge < -0.3 is 14.1 Å². The van der Waals surface area contributed by atoms with E-state index in [0.29, 0.717) is 5.69 Å². The fourth-order valence-electron chi connectivity index (χ4n) is 4.40. The Morgan fingerprint density at radius 3 is 2.53 bits per heavy atom. The van der Waals surface area contributed by atoms with E-state index in [9.17, 15) is 14.7 Å². The lowest BCUT2D eigenvalue weighted by Gasteiger charge is -2.27. The number of carbonyl (C=O) groups excluding carboxylic acids is 2. The van der Waals surface area contributed by atoms with Crippen LogP contribution in [0.4, 0.5) is 5.69 Å². The molecule has 1 aliphatic rings. The zero-order chi connectivity index (χ0) is 22.6. The van der Waals surface area contributed by atoms with Crippen LogP contribution in [0.2, 0.25) is 0 Å². The van der Waals surface area contributed by atoms with Crippen molar-refractivity contribution in [2.24, 2.45) is 7.05 Å². The van der Waals surface area contributed by atoms with Crippen molar-refractivity contribution < 1.29 is 19.1 Å². The normalized spacial score (nSPS) is 16.4. The summed E-state index contributed by atoms with van der Waals surface area (Å²) >= 11 is 0. The van der Waals surface area contributed by atoms with E-state index < -0.39 is 23.5 Å². The SMILES string of the molecule is Cc1ccc(N2C(=O)C(O)=C(C(=O)c3ccco3)C2c2cn(C)c3ccccc23)cc1C. The highest BCUT2D eigenvalue weighted by Gasteiger charge is 2.46. The van der Waals surface area contributed by atoms with Crippen molar-refractivity contribution in [1.82, 2.24) is 4.57 Å². The van der Waals surface area contributed by atoms with Gasteiger partial charge in [0, 0.05) is 35.4 Å². The zero-order valence-corrected chi connectivity index (χ0v) is 18.0. The molecule has 0 aliphatic carbocycles. The van der Waals surface area contributed by atoms with Gasteiger partial charge in [0.25, 0.3) is 5.91 Å². The number of para-hydroxylation sites is 1. The van der Waals surface area contributed by atoms with Crippen molar-refractivity contribution >= 4 is 28.3 Å². The number of amides is 1. The standard InChI is InChI=1S/C26H22N2O4/c1-15-10-11-17(13-16(15)2)28-23(19-14-27(3)20-8-5-4-7-18(19)20)22(25(30)26(28)31)24(29)21-9-6-12-32-21/h4-14,23,30H,1-3H3. The number of carbonyl (C=O) groups is 2. The maximum Gasteiger partial charge on any atom is 0.294 e. The van der Waals surface area contributed by atoms with Crippen molar-refractivity contribution in [2.45, 2.75) is 19.9 Å². The van der Waals surface area contributed by atoms with E-state index in [-0.39, 0.29) is 11.3 Å². The van der Waals surface area contributed by atoms with E-state index in [0.717, 1.165) is 27.6 Å². The minimum atomic E-state index is -0.798.